The summed E-state index contributed by atoms with van der Waals surface area (Å²) in [4.78, 5) is 11.0. The highest BCUT2D eigenvalue weighted by atomic mass is 16.4. The molecule has 2 aromatic rings. The third kappa shape index (κ3) is 2.81. The molecule has 1 heterocycles. The van der Waals surface area contributed by atoms with Crippen molar-refractivity contribution >= 4 is 11.7 Å². The van der Waals surface area contributed by atoms with Crippen molar-refractivity contribution in [2.75, 3.05) is 5.32 Å². The fourth-order valence-electron chi connectivity index (χ4n) is 1.98. The Kier molecular flexibility index (Phi) is 3.76. The summed E-state index contributed by atoms with van der Waals surface area (Å²) in [6, 6.07) is 8.89. The Balaban J connectivity index is 2.16. The van der Waals surface area contributed by atoms with E-state index in [4.69, 9.17) is 10.4 Å². The van der Waals surface area contributed by atoms with E-state index in [1.54, 1.807) is 22.8 Å². The first-order valence-corrected chi connectivity index (χ1v) is 6.14. The van der Waals surface area contributed by atoms with Crippen LogP contribution in [-0.4, -0.2) is 15.6 Å². The number of anilines is 1. The van der Waals surface area contributed by atoms with Crippen molar-refractivity contribution < 1.29 is 9.90 Å². The van der Waals surface area contributed by atoms with Crippen LogP contribution < -0.4 is 5.32 Å². The Bertz CT molecular complexity index is 696. The van der Waals surface area contributed by atoms with Gasteiger partial charge in [-0.25, -0.2) is 4.79 Å². The largest absolute Gasteiger partial charge is 0.478 e. The molecule has 0 radical (unpaired) electrons. The van der Waals surface area contributed by atoms with Crippen molar-refractivity contribution in [1.29, 1.82) is 5.26 Å². The molecule has 0 atom stereocenters. The molecule has 2 N–H and O–H groups in total. The van der Waals surface area contributed by atoms with Gasteiger partial charge in [0, 0.05) is 25.5 Å². The number of benzene rings is 1. The summed E-state index contributed by atoms with van der Waals surface area (Å²) in [5, 5.41) is 21.1. The Hall–Kier alpha value is -2.74. The van der Waals surface area contributed by atoms with Crippen LogP contribution in [0.2, 0.25) is 0 Å². The minimum Gasteiger partial charge on any atom is -0.478 e. The molecule has 5 nitrogen and oxygen atoms in total. The van der Waals surface area contributed by atoms with Crippen LogP contribution in [0.3, 0.4) is 0 Å². The predicted molar refractivity (Wildman–Crippen MR) is 75.6 cm³/mol. The van der Waals surface area contributed by atoms with Crippen molar-refractivity contribution in [2.24, 2.45) is 7.05 Å². The van der Waals surface area contributed by atoms with Gasteiger partial charge in [-0.1, -0.05) is 6.07 Å². The number of hydrogen-bond acceptors (Lipinski definition) is 3. The van der Waals surface area contributed by atoms with Crippen LogP contribution in [0.4, 0.5) is 5.69 Å². The minimum absolute atomic E-state index is 0.254. The van der Waals surface area contributed by atoms with Crippen LogP contribution in [0.15, 0.2) is 30.5 Å². The Morgan fingerprint density at radius 3 is 2.80 bits per heavy atom. The van der Waals surface area contributed by atoms with Gasteiger partial charge in [0.25, 0.3) is 0 Å². The van der Waals surface area contributed by atoms with Gasteiger partial charge in [-0.05, 0) is 36.2 Å². The fourth-order valence-corrected chi connectivity index (χ4v) is 1.98. The number of aromatic carboxylic acids is 1. The highest BCUT2D eigenvalue weighted by molar-refractivity contribution is 5.89. The summed E-state index contributed by atoms with van der Waals surface area (Å²) >= 11 is 0. The molecule has 0 aliphatic carbocycles. The van der Waals surface area contributed by atoms with Crippen LogP contribution >= 0.6 is 0 Å². The van der Waals surface area contributed by atoms with E-state index in [9.17, 15) is 4.79 Å². The SMILES string of the molecule is Cc1ccc(C(=O)O)cc1NCc1cc(C#N)n(C)c1. The van der Waals surface area contributed by atoms with Gasteiger partial charge in [-0.3, -0.25) is 0 Å². The van der Waals surface area contributed by atoms with Gasteiger partial charge in [-0.15, -0.1) is 0 Å². The van der Waals surface area contributed by atoms with E-state index in [1.807, 2.05) is 26.2 Å². The minimum atomic E-state index is -0.945. The number of aromatic nitrogens is 1. The molecule has 0 unspecified atom stereocenters. The lowest BCUT2D eigenvalue weighted by molar-refractivity contribution is 0.0697. The van der Waals surface area contributed by atoms with E-state index >= 15 is 0 Å². The second-order valence-electron chi connectivity index (χ2n) is 4.64. The summed E-state index contributed by atoms with van der Waals surface area (Å²) in [6.45, 7) is 2.46. The normalized spacial score (nSPS) is 10.1. The Morgan fingerprint density at radius 2 is 2.20 bits per heavy atom. The molecule has 1 aromatic carbocycles. The van der Waals surface area contributed by atoms with Crippen LogP contribution in [0.1, 0.15) is 27.2 Å². The molecule has 0 aliphatic heterocycles. The molecular formula is C15H15N3O2. The second kappa shape index (κ2) is 5.49. The maximum Gasteiger partial charge on any atom is 0.335 e. The highest BCUT2D eigenvalue weighted by Crippen LogP contribution is 2.18. The average molecular weight is 269 g/mol. The molecule has 0 saturated carbocycles. The van der Waals surface area contributed by atoms with Crippen LogP contribution in [0.25, 0.3) is 0 Å². The topological polar surface area (TPSA) is 78.1 Å². The van der Waals surface area contributed by atoms with Crippen molar-refractivity contribution in [1.82, 2.24) is 4.57 Å². The Labute approximate surface area is 117 Å². The Morgan fingerprint density at radius 1 is 1.45 bits per heavy atom. The average Bonchev–Trinajstić information content (AvgIpc) is 2.78. The van der Waals surface area contributed by atoms with E-state index in [0.717, 1.165) is 16.8 Å². The molecule has 0 aliphatic rings. The summed E-state index contributed by atoms with van der Waals surface area (Å²) in [7, 11) is 1.82. The van der Waals surface area contributed by atoms with Crippen molar-refractivity contribution in [3.05, 3.63) is 52.8 Å². The maximum absolute atomic E-state index is 11.0. The smallest absolute Gasteiger partial charge is 0.335 e. The molecule has 0 amide bonds. The van der Waals surface area contributed by atoms with Gasteiger partial charge in [0.1, 0.15) is 11.8 Å². The molecule has 102 valence electrons. The third-order valence-corrected chi connectivity index (χ3v) is 3.14. The molecular weight excluding hydrogens is 254 g/mol. The fraction of sp³-hybridized carbons (Fsp3) is 0.200. The number of carboxylic acid groups (broad SMARTS) is 1. The van der Waals surface area contributed by atoms with Crippen LogP contribution in [0.5, 0.6) is 0 Å². The van der Waals surface area contributed by atoms with Gasteiger partial charge in [0.05, 0.1) is 5.56 Å². The van der Waals surface area contributed by atoms with E-state index in [2.05, 4.69) is 11.4 Å². The first kappa shape index (κ1) is 13.7. The molecule has 20 heavy (non-hydrogen) atoms. The van der Waals surface area contributed by atoms with Crippen molar-refractivity contribution in [2.45, 2.75) is 13.5 Å². The highest BCUT2D eigenvalue weighted by Gasteiger charge is 2.07. The summed E-state index contributed by atoms with van der Waals surface area (Å²) in [5.41, 5.74) is 3.59. The second-order valence-corrected chi connectivity index (χ2v) is 4.64. The molecule has 0 saturated heterocycles. The van der Waals surface area contributed by atoms with E-state index in [0.29, 0.717) is 12.2 Å². The lowest BCUT2D eigenvalue weighted by Crippen LogP contribution is -2.03. The summed E-state index contributed by atoms with van der Waals surface area (Å²) in [6.07, 6.45) is 1.88. The lowest BCUT2D eigenvalue weighted by Gasteiger charge is -2.09. The first-order valence-electron chi connectivity index (χ1n) is 6.14. The zero-order valence-corrected chi connectivity index (χ0v) is 11.3. The van der Waals surface area contributed by atoms with Gasteiger partial charge < -0.3 is 15.0 Å². The molecule has 2 rings (SSSR count). The summed E-state index contributed by atoms with van der Waals surface area (Å²) in [5.74, 6) is -0.945. The number of nitrogens with zero attached hydrogens (tertiary/aromatic N) is 2. The monoisotopic (exact) mass is 269 g/mol. The first-order chi connectivity index (χ1) is 9.51. The van der Waals surface area contributed by atoms with E-state index in [-0.39, 0.29) is 5.56 Å². The molecule has 0 fully saturated rings. The third-order valence-electron chi connectivity index (χ3n) is 3.14. The van der Waals surface area contributed by atoms with Crippen LogP contribution in [0, 0.1) is 18.3 Å². The molecule has 0 spiro atoms. The number of nitrogens with one attached hydrogen (secondary N) is 1. The zero-order chi connectivity index (χ0) is 14.7. The van der Waals surface area contributed by atoms with Crippen molar-refractivity contribution in [3.63, 3.8) is 0 Å². The van der Waals surface area contributed by atoms with Gasteiger partial charge in [0.15, 0.2) is 0 Å². The number of hydrogen-bond donors (Lipinski definition) is 2. The zero-order valence-electron chi connectivity index (χ0n) is 11.3. The quantitative estimate of drug-likeness (QED) is 0.894. The van der Waals surface area contributed by atoms with E-state index in [1.165, 1.54) is 0 Å². The summed E-state index contributed by atoms with van der Waals surface area (Å²) < 4.78 is 1.76. The van der Waals surface area contributed by atoms with Gasteiger partial charge >= 0.3 is 5.97 Å². The molecule has 5 heteroatoms. The maximum atomic E-state index is 11.0. The number of nitriles is 1. The predicted octanol–water partition coefficient (Wildman–Crippen LogP) is 2.52. The van der Waals surface area contributed by atoms with Crippen LogP contribution in [-0.2, 0) is 13.6 Å². The standard InChI is InChI=1S/C15H15N3O2/c1-10-3-4-12(15(19)20)6-14(10)17-8-11-5-13(7-16)18(2)9-11/h3-6,9,17H,8H2,1-2H3,(H,19,20). The number of carboxylic acids is 1. The number of carbonyl (C=O) groups is 1. The van der Waals surface area contributed by atoms with E-state index < -0.39 is 5.97 Å². The lowest BCUT2D eigenvalue weighted by atomic mass is 10.1. The molecule has 1 aromatic heterocycles. The number of rotatable bonds is 4. The van der Waals surface area contributed by atoms with Crippen molar-refractivity contribution in [3.8, 4) is 6.07 Å². The number of aryl methyl sites for hydroxylation is 2. The van der Waals surface area contributed by atoms with Gasteiger partial charge in [-0.2, -0.15) is 5.26 Å². The van der Waals surface area contributed by atoms with Gasteiger partial charge in [0.2, 0.25) is 0 Å². The molecule has 0 bridgehead atoms.